The molecule has 2 bridgehead atoms. The Balaban J connectivity index is 1.35. The molecule has 2 aliphatic rings. The van der Waals surface area contributed by atoms with Gasteiger partial charge in [0.05, 0.1) is 0 Å². The van der Waals surface area contributed by atoms with E-state index in [0.29, 0.717) is 18.8 Å². The van der Waals surface area contributed by atoms with Crippen LogP contribution in [0.25, 0.3) is 0 Å². The van der Waals surface area contributed by atoms with Gasteiger partial charge < -0.3 is 4.74 Å². The Labute approximate surface area is 160 Å². The van der Waals surface area contributed by atoms with Crippen LogP contribution < -0.4 is 4.74 Å². The molecule has 2 atom stereocenters. The number of ether oxygens (including phenoxy) is 1. The van der Waals surface area contributed by atoms with Gasteiger partial charge in [-0.05, 0) is 48.9 Å². The number of rotatable bonds is 6. The van der Waals surface area contributed by atoms with Crippen LogP contribution in [0.2, 0.25) is 0 Å². The van der Waals surface area contributed by atoms with Crippen molar-refractivity contribution in [2.75, 3.05) is 0 Å². The normalized spacial score (nSPS) is 24.8. The van der Waals surface area contributed by atoms with Crippen molar-refractivity contribution < 1.29 is 9.53 Å². The molecule has 2 unspecified atom stereocenters. The lowest BCUT2D eigenvalue weighted by Gasteiger charge is -2.38. The van der Waals surface area contributed by atoms with Crippen LogP contribution in [0.3, 0.4) is 0 Å². The van der Waals surface area contributed by atoms with E-state index in [2.05, 4.69) is 23.9 Å². The van der Waals surface area contributed by atoms with Gasteiger partial charge in [0.25, 0.3) is 0 Å². The third-order valence-corrected chi connectivity index (χ3v) is 7.14. The average Bonchev–Trinajstić information content (AvgIpc) is 2.67. The van der Waals surface area contributed by atoms with Gasteiger partial charge in [-0.2, -0.15) is 11.8 Å². The Morgan fingerprint density at radius 3 is 2.46 bits per heavy atom. The lowest BCUT2D eigenvalue weighted by molar-refractivity contribution is -0.122. The topological polar surface area (TPSA) is 26.3 Å². The number of carbonyl (C=O) groups is 1. The largest absolute Gasteiger partial charge is 0.489 e. The maximum absolute atomic E-state index is 12.8. The highest BCUT2D eigenvalue weighted by molar-refractivity contribution is 8.00. The molecule has 0 spiro atoms. The predicted molar refractivity (Wildman–Crippen MR) is 108 cm³/mol. The molecular weight excluding hydrogens is 340 g/mol. The molecule has 2 aliphatic heterocycles. The van der Waals surface area contributed by atoms with E-state index in [0.717, 1.165) is 40.2 Å². The lowest BCUT2D eigenvalue weighted by Crippen LogP contribution is -2.33. The van der Waals surface area contributed by atoms with Crippen molar-refractivity contribution >= 4 is 17.5 Å². The van der Waals surface area contributed by atoms with E-state index in [4.69, 9.17) is 4.74 Å². The van der Waals surface area contributed by atoms with Crippen molar-refractivity contribution in [2.45, 2.75) is 55.6 Å². The molecule has 2 aromatic rings. The molecule has 2 saturated heterocycles. The van der Waals surface area contributed by atoms with Gasteiger partial charge in [-0.15, -0.1) is 0 Å². The number of fused-ring (bicyclic) bond motifs is 2. The molecule has 0 aromatic heterocycles. The molecule has 136 valence electrons. The van der Waals surface area contributed by atoms with Crippen LogP contribution >= 0.6 is 11.8 Å². The van der Waals surface area contributed by atoms with Crippen LogP contribution in [0.15, 0.2) is 54.6 Å². The second kappa shape index (κ2) is 8.30. The van der Waals surface area contributed by atoms with Crippen molar-refractivity contribution in [1.29, 1.82) is 0 Å². The van der Waals surface area contributed by atoms with Gasteiger partial charge in [-0.3, -0.25) is 4.79 Å². The Bertz CT molecular complexity index is 731. The van der Waals surface area contributed by atoms with Crippen molar-refractivity contribution in [3.63, 3.8) is 0 Å². The summed E-state index contributed by atoms with van der Waals surface area (Å²) in [6.45, 7) is 0.557. The van der Waals surface area contributed by atoms with Gasteiger partial charge in [0.1, 0.15) is 18.1 Å². The number of Topliss-reactive ketones (excluding diaryl/α,β-unsaturated/α-hetero) is 1. The number of thioether (sulfide) groups is 1. The molecule has 2 fully saturated rings. The average molecular weight is 367 g/mol. The van der Waals surface area contributed by atoms with E-state index in [1.165, 1.54) is 19.3 Å². The minimum Gasteiger partial charge on any atom is -0.489 e. The predicted octanol–water partition coefficient (Wildman–Crippen LogP) is 5.44. The number of hydrogen-bond donors (Lipinski definition) is 0. The first-order valence-electron chi connectivity index (χ1n) is 9.70. The van der Waals surface area contributed by atoms with Gasteiger partial charge in [0, 0.05) is 22.8 Å². The van der Waals surface area contributed by atoms with E-state index >= 15 is 0 Å². The Kier molecular flexibility index (Phi) is 5.64. The third kappa shape index (κ3) is 4.50. The van der Waals surface area contributed by atoms with Crippen LogP contribution in [0.4, 0.5) is 0 Å². The van der Waals surface area contributed by atoms with Crippen molar-refractivity contribution in [3.05, 3.63) is 65.7 Å². The van der Waals surface area contributed by atoms with Crippen LogP contribution in [-0.2, 0) is 17.8 Å². The van der Waals surface area contributed by atoms with E-state index in [1.54, 1.807) is 0 Å². The Morgan fingerprint density at radius 2 is 1.69 bits per heavy atom. The minimum absolute atomic E-state index is 0.264. The lowest BCUT2D eigenvalue weighted by atomic mass is 9.85. The molecule has 0 N–H and O–H groups in total. The van der Waals surface area contributed by atoms with Gasteiger partial charge in [0.2, 0.25) is 0 Å². The van der Waals surface area contributed by atoms with Crippen molar-refractivity contribution in [2.24, 2.45) is 5.92 Å². The van der Waals surface area contributed by atoms with Crippen LogP contribution in [0.5, 0.6) is 5.75 Å². The molecule has 2 aromatic carbocycles. The summed E-state index contributed by atoms with van der Waals surface area (Å²) in [7, 11) is 0. The quantitative estimate of drug-likeness (QED) is 0.681. The summed E-state index contributed by atoms with van der Waals surface area (Å²) in [4.78, 5) is 12.8. The van der Waals surface area contributed by atoms with Gasteiger partial charge in [0.15, 0.2) is 0 Å². The zero-order valence-corrected chi connectivity index (χ0v) is 15.9. The van der Waals surface area contributed by atoms with E-state index in [-0.39, 0.29) is 5.92 Å². The molecule has 26 heavy (non-hydrogen) atoms. The molecule has 0 saturated carbocycles. The van der Waals surface area contributed by atoms with Crippen molar-refractivity contribution in [3.8, 4) is 5.75 Å². The molecule has 0 radical (unpaired) electrons. The van der Waals surface area contributed by atoms with Gasteiger partial charge in [-0.1, -0.05) is 48.9 Å². The monoisotopic (exact) mass is 366 g/mol. The van der Waals surface area contributed by atoms with Gasteiger partial charge >= 0.3 is 0 Å². The highest BCUT2D eigenvalue weighted by Crippen LogP contribution is 2.44. The first kappa shape index (κ1) is 17.7. The Hall–Kier alpha value is -1.74. The fourth-order valence-electron chi connectivity index (χ4n) is 4.15. The highest BCUT2D eigenvalue weighted by atomic mass is 32.2. The number of ketones is 1. The fraction of sp³-hybridized carbons (Fsp3) is 0.435. The van der Waals surface area contributed by atoms with E-state index in [9.17, 15) is 4.79 Å². The first-order chi connectivity index (χ1) is 12.8. The molecular formula is C23H26O2S. The molecule has 3 heteroatoms. The molecule has 4 rings (SSSR count). The summed E-state index contributed by atoms with van der Waals surface area (Å²) in [6.07, 6.45) is 6.66. The standard InChI is InChI=1S/C23H26O2S/c24-23(19-14-21-10-5-11-22(15-19)26-21)13-18-8-4-9-20(12-18)25-16-17-6-2-1-3-7-17/h1-4,6-9,12,19,21-22H,5,10-11,13-16H2. The van der Waals surface area contributed by atoms with E-state index < -0.39 is 0 Å². The summed E-state index contributed by atoms with van der Waals surface area (Å²) in [5.74, 6) is 1.53. The maximum Gasteiger partial charge on any atom is 0.140 e. The zero-order valence-electron chi connectivity index (χ0n) is 15.1. The summed E-state index contributed by atoms with van der Waals surface area (Å²) in [5, 5.41) is 1.44. The molecule has 0 aliphatic carbocycles. The summed E-state index contributed by atoms with van der Waals surface area (Å²) in [5.41, 5.74) is 2.23. The second-order valence-electron chi connectivity index (χ2n) is 7.54. The number of carbonyl (C=O) groups excluding carboxylic acids is 1. The minimum atomic E-state index is 0.264. The third-order valence-electron chi connectivity index (χ3n) is 5.51. The SMILES string of the molecule is O=C(Cc1cccc(OCc2ccccc2)c1)C1CC2CCCC(C1)S2. The summed E-state index contributed by atoms with van der Waals surface area (Å²) < 4.78 is 5.91. The smallest absolute Gasteiger partial charge is 0.140 e. The van der Waals surface area contributed by atoms with Crippen LogP contribution in [-0.4, -0.2) is 16.3 Å². The van der Waals surface area contributed by atoms with Crippen LogP contribution in [0, 0.1) is 5.92 Å². The molecule has 2 heterocycles. The molecule has 2 nitrogen and oxygen atoms in total. The van der Waals surface area contributed by atoms with E-state index in [1.807, 2.05) is 42.5 Å². The summed E-state index contributed by atoms with van der Waals surface area (Å²) >= 11 is 2.14. The highest BCUT2D eigenvalue weighted by Gasteiger charge is 2.35. The number of benzene rings is 2. The Morgan fingerprint density at radius 1 is 0.962 bits per heavy atom. The molecule has 0 amide bonds. The zero-order chi connectivity index (χ0) is 17.8. The number of hydrogen-bond acceptors (Lipinski definition) is 3. The fourth-order valence-corrected chi connectivity index (χ4v) is 5.99. The second-order valence-corrected chi connectivity index (χ2v) is 9.15. The van der Waals surface area contributed by atoms with Crippen molar-refractivity contribution in [1.82, 2.24) is 0 Å². The van der Waals surface area contributed by atoms with Gasteiger partial charge in [-0.25, -0.2) is 0 Å². The van der Waals surface area contributed by atoms with Crippen LogP contribution in [0.1, 0.15) is 43.2 Å². The first-order valence-corrected chi connectivity index (χ1v) is 10.6. The summed E-state index contributed by atoms with van der Waals surface area (Å²) in [6, 6.07) is 18.2. The maximum atomic E-state index is 12.8.